The van der Waals surface area contributed by atoms with Crippen LogP contribution in [0.25, 0.3) is 0 Å². The summed E-state index contributed by atoms with van der Waals surface area (Å²) in [6.45, 7) is 12.8. The molecule has 6 heteroatoms. The molecule has 0 radical (unpaired) electrons. The molecule has 29 heavy (non-hydrogen) atoms. The number of piperazine rings is 1. The molecule has 0 aromatic heterocycles. The molecule has 1 saturated heterocycles. The summed E-state index contributed by atoms with van der Waals surface area (Å²) < 4.78 is 13.6. The molecule has 1 amide bonds. The summed E-state index contributed by atoms with van der Waals surface area (Å²) in [5.74, 6) is 0.0526. The predicted octanol–water partition coefficient (Wildman–Crippen LogP) is 4.11. The van der Waals surface area contributed by atoms with Crippen molar-refractivity contribution in [2.24, 2.45) is 22.5 Å². The molecular formula is C23H39FN4O. The van der Waals surface area contributed by atoms with Crippen molar-refractivity contribution in [2.75, 3.05) is 26.2 Å². The van der Waals surface area contributed by atoms with Crippen molar-refractivity contribution in [2.45, 2.75) is 65.8 Å². The number of rotatable bonds is 7. The Morgan fingerprint density at radius 3 is 2.21 bits per heavy atom. The van der Waals surface area contributed by atoms with E-state index in [1.165, 1.54) is 32.1 Å². The molecule has 1 aliphatic heterocycles. The maximum atomic E-state index is 13.6. The van der Waals surface area contributed by atoms with Gasteiger partial charge >= 0.3 is 0 Å². The van der Waals surface area contributed by atoms with Crippen molar-refractivity contribution in [1.82, 2.24) is 9.80 Å². The molecule has 4 rings (SSSR count). The van der Waals surface area contributed by atoms with Crippen LogP contribution < -0.4 is 5.73 Å². The van der Waals surface area contributed by atoms with Gasteiger partial charge in [0.1, 0.15) is 0 Å². The highest BCUT2D eigenvalue weighted by molar-refractivity contribution is 5.89. The van der Waals surface area contributed by atoms with Crippen LogP contribution in [0.2, 0.25) is 0 Å². The number of allylic oxidation sites excluding steroid dienone is 4. The molecule has 4 aliphatic rings. The SMILES string of the molecule is C/C=C/C=C(\C(=N)F)N1CCN(C2CC3(C(C)(CC)CC)CC2C3)CC1.NC=O. The lowest BCUT2D eigenvalue weighted by Crippen LogP contribution is -2.51. The number of nitrogens with zero attached hydrogens (tertiary/aromatic N) is 2. The quantitative estimate of drug-likeness (QED) is 0.380. The van der Waals surface area contributed by atoms with Gasteiger partial charge < -0.3 is 10.6 Å². The number of halogens is 1. The van der Waals surface area contributed by atoms with Gasteiger partial charge in [-0.3, -0.25) is 15.1 Å². The van der Waals surface area contributed by atoms with Gasteiger partial charge in [0.05, 0.1) is 5.70 Å². The van der Waals surface area contributed by atoms with E-state index in [-0.39, 0.29) is 6.41 Å². The Kier molecular flexibility index (Phi) is 8.03. The lowest BCUT2D eigenvalue weighted by atomic mass is 9.53. The average Bonchev–Trinajstić information content (AvgIpc) is 3.26. The van der Waals surface area contributed by atoms with Gasteiger partial charge in [-0.1, -0.05) is 45.8 Å². The fraction of sp³-hybridized carbons (Fsp3) is 0.739. The first-order chi connectivity index (χ1) is 13.8. The number of hydrogen-bond acceptors (Lipinski definition) is 4. The van der Waals surface area contributed by atoms with Gasteiger partial charge in [-0.25, -0.2) is 0 Å². The van der Waals surface area contributed by atoms with E-state index in [4.69, 9.17) is 10.2 Å². The van der Waals surface area contributed by atoms with E-state index in [0.717, 1.165) is 38.1 Å². The fourth-order valence-electron chi connectivity index (χ4n) is 5.92. The number of nitrogens with two attached hydrogens (primary N) is 1. The van der Waals surface area contributed by atoms with Crippen molar-refractivity contribution in [1.29, 1.82) is 5.41 Å². The van der Waals surface area contributed by atoms with E-state index in [1.54, 1.807) is 6.08 Å². The molecule has 3 N–H and O–H groups in total. The van der Waals surface area contributed by atoms with E-state index in [0.29, 0.717) is 16.5 Å². The number of carbonyl (C=O) groups excluding carboxylic acids is 1. The Bertz CT molecular complexity index is 627. The van der Waals surface area contributed by atoms with Crippen LogP contribution in [0.4, 0.5) is 4.39 Å². The Hall–Kier alpha value is -1.69. The van der Waals surface area contributed by atoms with Crippen molar-refractivity contribution in [3.63, 3.8) is 0 Å². The number of fused-ring (bicyclic) bond motifs is 1. The first-order valence-corrected chi connectivity index (χ1v) is 11.0. The fourth-order valence-corrected chi connectivity index (χ4v) is 5.92. The Morgan fingerprint density at radius 1 is 1.21 bits per heavy atom. The first kappa shape index (κ1) is 23.6. The van der Waals surface area contributed by atoms with Gasteiger partial charge in [0, 0.05) is 32.2 Å². The van der Waals surface area contributed by atoms with Crippen LogP contribution in [0.1, 0.15) is 59.8 Å². The van der Waals surface area contributed by atoms with E-state index >= 15 is 0 Å². The molecule has 2 bridgehead atoms. The van der Waals surface area contributed by atoms with Crippen LogP contribution in [0, 0.1) is 22.2 Å². The third kappa shape index (κ3) is 4.57. The molecule has 0 spiro atoms. The van der Waals surface area contributed by atoms with Gasteiger partial charge in [-0.2, -0.15) is 4.39 Å². The normalized spacial score (nSPS) is 30.0. The molecule has 1 unspecified atom stereocenters. The zero-order chi connectivity index (χ0) is 21.7. The zero-order valence-electron chi connectivity index (χ0n) is 18.6. The minimum atomic E-state index is -0.819. The number of primary amides is 1. The van der Waals surface area contributed by atoms with Gasteiger partial charge in [-0.15, -0.1) is 0 Å². The number of nitrogens with one attached hydrogen (secondary N) is 1. The van der Waals surface area contributed by atoms with Crippen LogP contribution in [-0.4, -0.2) is 54.4 Å². The largest absolute Gasteiger partial charge is 0.372 e. The summed E-state index contributed by atoms with van der Waals surface area (Å²) in [6.07, 6.45) is 12.4. The second-order valence-corrected chi connectivity index (χ2v) is 9.04. The number of carbonyl (C=O) groups is 1. The lowest BCUT2D eigenvalue weighted by molar-refractivity contribution is -0.106. The molecule has 0 aromatic rings. The summed E-state index contributed by atoms with van der Waals surface area (Å²) in [5, 5.41) is 7.43. The van der Waals surface area contributed by atoms with Gasteiger partial charge in [0.25, 0.3) is 0 Å². The Labute approximate surface area is 175 Å². The highest BCUT2D eigenvalue weighted by Gasteiger charge is 2.63. The summed E-state index contributed by atoms with van der Waals surface area (Å²) >= 11 is 0. The molecule has 1 atom stereocenters. The summed E-state index contributed by atoms with van der Waals surface area (Å²) in [4.78, 5) is 13.3. The second kappa shape index (κ2) is 9.88. The van der Waals surface area contributed by atoms with E-state index < -0.39 is 5.97 Å². The van der Waals surface area contributed by atoms with Gasteiger partial charge in [0.15, 0.2) is 0 Å². The standard InChI is InChI=1S/C22H36FN3.CH3NO/c1-5-8-9-18(20(23)24)25-10-12-26(13-11-25)19-16-22(14-17(19)15-22)21(4,6-2)7-3;2-1-3/h5,8-9,17,19,24H,6-7,10-16H2,1-4H3;1H,(H2,2,3)/b8-5+,18-9+,24-20?;. The maximum Gasteiger partial charge on any atom is 0.229 e. The molecule has 164 valence electrons. The van der Waals surface area contributed by atoms with Crippen molar-refractivity contribution >= 4 is 12.4 Å². The number of amides is 1. The maximum absolute atomic E-state index is 13.6. The molecular weight excluding hydrogens is 367 g/mol. The Morgan fingerprint density at radius 2 is 1.76 bits per heavy atom. The molecule has 1 heterocycles. The van der Waals surface area contributed by atoms with Crippen molar-refractivity contribution in [3.05, 3.63) is 23.9 Å². The summed E-state index contributed by atoms with van der Waals surface area (Å²) in [5.41, 5.74) is 5.66. The zero-order valence-corrected chi connectivity index (χ0v) is 18.6. The monoisotopic (exact) mass is 406 g/mol. The van der Waals surface area contributed by atoms with Gasteiger partial charge in [-0.05, 0) is 49.0 Å². The smallest absolute Gasteiger partial charge is 0.229 e. The second-order valence-electron chi connectivity index (χ2n) is 9.04. The molecule has 0 aromatic carbocycles. The van der Waals surface area contributed by atoms with E-state index in [2.05, 4.69) is 31.4 Å². The van der Waals surface area contributed by atoms with Crippen LogP contribution in [0.3, 0.4) is 0 Å². The highest BCUT2D eigenvalue weighted by Crippen LogP contribution is 2.69. The van der Waals surface area contributed by atoms with Crippen LogP contribution in [0.5, 0.6) is 0 Å². The van der Waals surface area contributed by atoms with E-state index in [1.807, 2.05) is 24.0 Å². The molecule has 5 nitrogen and oxygen atoms in total. The average molecular weight is 407 g/mol. The predicted molar refractivity (Wildman–Crippen MR) is 117 cm³/mol. The topological polar surface area (TPSA) is 73.4 Å². The third-order valence-corrected chi connectivity index (χ3v) is 8.09. The van der Waals surface area contributed by atoms with Crippen LogP contribution in [-0.2, 0) is 4.79 Å². The summed E-state index contributed by atoms with van der Waals surface area (Å²) in [7, 11) is 0. The highest BCUT2D eigenvalue weighted by atomic mass is 19.1. The molecule has 3 aliphatic carbocycles. The first-order valence-electron chi connectivity index (χ1n) is 11.0. The van der Waals surface area contributed by atoms with Crippen LogP contribution in [0.15, 0.2) is 23.9 Å². The summed E-state index contributed by atoms with van der Waals surface area (Å²) in [6, 6.07) is 0.724. The third-order valence-electron chi connectivity index (χ3n) is 8.09. The van der Waals surface area contributed by atoms with Gasteiger partial charge in [0.2, 0.25) is 12.4 Å². The van der Waals surface area contributed by atoms with E-state index in [9.17, 15) is 4.39 Å². The molecule has 4 fully saturated rings. The Balaban J connectivity index is 0.000000941. The van der Waals surface area contributed by atoms with Crippen molar-refractivity contribution in [3.8, 4) is 0 Å². The number of hydrogen-bond donors (Lipinski definition) is 2. The minimum absolute atomic E-state index is 0.250. The van der Waals surface area contributed by atoms with Crippen LogP contribution >= 0.6 is 0 Å². The van der Waals surface area contributed by atoms with Crippen molar-refractivity contribution < 1.29 is 9.18 Å². The lowest BCUT2D eigenvalue weighted by Gasteiger charge is -2.52. The minimum Gasteiger partial charge on any atom is -0.372 e. The molecule has 3 saturated carbocycles.